The smallest absolute Gasteiger partial charge is 0.254 e. The van der Waals surface area contributed by atoms with Crippen LogP contribution in [0.5, 0.6) is 0 Å². The van der Waals surface area contributed by atoms with Gasteiger partial charge in [-0.15, -0.1) is 12.4 Å². The number of halogens is 3. The lowest BCUT2D eigenvalue weighted by molar-refractivity contribution is 0.0946. The summed E-state index contributed by atoms with van der Waals surface area (Å²) >= 11 is 5.71. The highest BCUT2D eigenvalue weighted by Gasteiger charge is 2.28. The van der Waals surface area contributed by atoms with E-state index in [9.17, 15) is 9.18 Å². The van der Waals surface area contributed by atoms with E-state index in [2.05, 4.69) is 5.32 Å². The number of carbonyl (C=O) groups is 1. The summed E-state index contributed by atoms with van der Waals surface area (Å²) in [4.78, 5) is 11.7. The van der Waals surface area contributed by atoms with Gasteiger partial charge in [0.15, 0.2) is 0 Å². The Hall–Kier alpha value is -0.840. The highest BCUT2D eigenvalue weighted by molar-refractivity contribution is 6.30. The van der Waals surface area contributed by atoms with E-state index in [4.69, 9.17) is 17.3 Å². The van der Waals surface area contributed by atoms with E-state index in [0.29, 0.717) is 17.5 Å². The van der Waals surface area contributed by atoms with Crippen molar-refractivity contribution < 1.29 is 9.18 Å². The normalized spacial score (nSPS) is 15.7. The maximum atomic E-state index is 13.4. The van der Waals surface area contributed by atoms with E-state index in [-0.39, 0.29) is 24.0 Å². The zero-order valence-electron chi connectivity index (χ0n) is 9.66. The first-order chi connectivity index (χ1) is 8.08. The summed E-state index contributed by atoms with van der Waals surface area (Å²) in [5.74, 6) is -0.549. The third kappa shape index (κ3) is 3.83. The van der Waals surface area contributed by atoms with Crippen LogP contribution in [0.25, 0.3) is 0 Å². The van der Waals surface area contributed by atoms with Crippen molar-refractivity contribution in [3.63, 3.8) is 0 Å². The van der Waals surface area contributed by atoms with Crippen molar-refractivity contribution in [1.82, 2.24) is 5.32 Å². The summed E-state index contributed by atoms with van der Waals surface area (Å²) in [7, 11) is 0. The van der Waals surface area contributed by atoms with E-state index >= 15 is 0 Å². The van der Waals surface area contributed by atoms with Gasteiger partial charge in [0.2, 0.25) is 0 Å². The Morgan fingerprint density at radius 1 is 1.56 bits per heavy atom. The van der Waals surface area contributed by atoms with Gasteiger partial charge in [-0.2, -0.15) is 0 Å². The second kappa shape index (κ2) is 6.36. The highest BCUT2D eigenvalue weighted by Crippen LogP contribution is 2.31. The monoisotopic (exact) mass is 292 g/mol. The predicted octanol–water partition coefficient (Wildman–Crippen LogP) is 2.37. The number of carbonyl (C=O) groups excluding carboxylic acids is 1. The summed E-state index contributed by atoms with van der Waals surface area (Å²) in [6.07, 6.45) is 2.23. The molecule has 0 bridgehead atoms. The molecular formula is C12H15Cl2FN2O. The molecule has 1 fully saturated rings. The Bertz CT molecular complexity index is 438. The molecule has 1 aliphatic carbocycles. The maximum Gasteiger partial charge on any atom is 0.254 e. The van der Waals surface area contributed by atoms with Crippen LogP contribution in [0.15, 0.2) is 18.2 Å². The lowest BCUT2D eigenvalue weighted by Gasteiger charge is -2.12. The summed E-state index contributed by atoms with van der Waals surface area (Å²) in [6.45, 7) is 0.370. The Labute approximate surface area is 116 Å². The Morgan fingerprint density at radius 3 is 2.83 bits per heavy atom. The summed E-state index contributed by atoms with van der Waals surface area (Å²) in [5, 5.41) is 2.96. The molecule has 0 radical (unpaired) electrons. The second-order valence-electron chi connectivity index (χ2n) is 4.34. The minimum Gasteiger partial charge on any atom is -0.350 e. The van der Waals surface area contributed by atoms with Crippen molar-refractivity contribution in [2.24, 2.45) is 11.7 Å². The zero-order chi connectivity index (χ0) is 12.4. The van der Waals surface area contributed by atoms with Crippen LogP contribution in [0.2, 0.25) is 5.02 Å². The number of benzene rings is 1. The molecule has 1 unspecified atom stereocenters. The standard InChI is InChI=1S/C12H14ClFN2O.ClH/c13-8-3-4-10(14)9(5-8)12(17)16-6-11(15)7-1-2-7;/h3-5,7,11H,1-2,6,15H2,(H,16,17);1H. The average molecular weight is 293 g/mol. The fourth-order valence-electron chi connectivity index (χ4n) is 1.67. The van der Waals surface area contributed by atoms with Crippen LogP contribution in [-0.2, 0) is 0 Å². The molecule has 2 rings (SSSR count). The quantitative estimate of drug-likeness (QED) is 0.895. The Morgan fingerprint density at radius 2 is 2.22 bits per heavy atom. The largest absolute Gasteiger partial charge is 0.350 e. The minimum atomic E-state index is -0.577. The number of rotatable bonds is 4. The van der Waals surface area contributed by atoms with E-state index in [0.717, 1.165) is 12.8 Å². The van der Waals surface area contributed by atoms with Gasteiger partial charge in [-0.25, -0.2) is 4.39 Å². The van der Waals surface area contributed by atoms with Crippen molar-refractivity contribution in [3.8, 4) is 0 Å². The number of nitrogens with two attached hydrogens (primary N) is 1. The first-order valence-electron chi connectivity index (χ1n) is 5.57. The molecule has 100 valence electrons. The predicted molar refractivity (Wildman–Crippen MR) is 71.7 cm³/mol. The Balaban J connectivity index is 0.00000162. The summed E-state index contributed by atoms with van der Waals surface area (Å²) in [5.41, 5.74) is 5.80. The van der Waals surface area contributed by atoms with Crippen LogP contribution in [0.4, 0.5) is 4.39 Å². The van der Waals surface area contributed by atoms with Gasteiger partial charge in [0.1, 0.15) is 5.82 Å². The van der Waals surface area contributed by atoms with Crippen LogP contribution < -0.4 is 11.1 Å². The van der Waals surface area contributed by atoms with Gasteiger partial charge in [0, 0.05) is 17.6 Å². The molecule has 0 aromatic heterocycles. The number of hydrogen-bond acceptors (Lipinski definition) is 2. The molecule has 3 N–H and O–H groups in total. The zero-order valence-corrected chi connectivity index (χ0v) is 11.2. The third-order valence-corrected chi connectivity index (χ3v) is 3.13. The highest BCUT2D eigenvalue weighted by atomic mass is 35.5. The topological polar surface area (TPSA) is 55.1 Å². The molecule has 6 heteroatoms. The Kier molecular flexibility index (Phi) is 5.38. The summed E-state index contributed by atoms with van der Waals surface area (Å²) in [6, 6.07) is 3.86. The molecule has 1 aromatic carbocycles. The van der Waals surface area contributed by atoms with Crippen LogP contribution in [0.1, 0.15) is 23.2 Å². The third-order valence-electron chi connectivity index (χ3n) is 2.90. The van der Waals surface area contributed by atoms with E-state index in [1.54, 1.807) is 0 Å². The molecular weight excluding hydrogens is 278 g/mol. The minimum absolute atomic E-state index is 0. The number of hydrogen-bond donors (Lipinski definition) is 2. The lowest BCUT2D eigenvalue weighted by atomic mass is 10.1. The van der Waals surface area contributed by atoms with Gasteiger partial charge in [-0.1, -0.05) is 11.6 Å². The van der Waals surface area contributed by atoms with Crippen molar-refractivity contribution in [1.29, 1.82) is 0 Å². The van der Waals surface area contributed by atoms with E-state index in [1.807, 2.05) is 0 Å². The molecule has 1 atom stereocenters. The molecule has 1 saturated carbocycles. The molecule has 0 aliphatic heterocycles. The molecule has 0 saturated heterocycles. The molecule has 1 aliphatic rings. The van der Waals surface area contributed by atoms with E-state index < -0.39 is 11.7 Å². The van der Waals surface area contributed by atoms with Crippen molar-refractivity contribution >= 4 is 29.9 Å². The number of nitrogens with one attached hydrogen (secondary N) is 1. The average Bonchev–Trinajstić information content (AvgIpc) is 3.12. The van der Waals surface area contributed by atoms with Gasteiger partial charge in [0.05, 0.1) is 5.56 Å². The maximum absolute atomic E-state index is 13.4. The SMILES string of the molecule is Cl.NC(CNC(=O)c1cc(Cl)ccc1F)C1CC1. The second-order valence-corrected chi connectivity index (χ2v) is 4.77. The van der Waals surface area contributed by atoms with Crippen LogP contribution in [0.3, 0.4) is 0 Å². The van der Waals surface area contributed by atoms with Crippen molar-refractivity contribution in [2.75, 3.05) is 6.54 Å². The van der Waals surface area contributed by atoms with Crippen LogP contribution in [0, 0.1) is 11.7 Å². The van der Waals surface area contributed by atoms with Crippen LogP contribution in [-0.4, -0.2) is 18.5 Å². The van der Waals surface area contributed by atoms with Gasteiger partial charge >= 0.3 is 0 Å². The first-order valence-corrected chi connectivity index (χ1v) is 5.94. The lowest BCUT2D eigenvalue weighted by Crippen LogP contribution is -2.38. The molecule has 0 heterocycles. The van der Waals surface area contributed by atoms with Gasteiger partial charge in [0.25, 0.3) is 5.91 Å². The molecule has 18 heavy (non-hydrogen) atoms. The van der Waals surface area contributed by atoms with Crippen molar-refractivity contribution in [3.05, 3.63) is 34.6 Å². The number of amides is 1. The molecule has 0 spiro atoms. The first kappa shape index (κ1) is 15.2. The fourth-order valence-corrected chi connectivity index (χ4v) is 1.84. The molecule has 1 aromatic rings. The summed E-state index contributed by atoms with van der Waals surface area (Å²) < 4.78 is 13.4. The van der Waals surface area contributed by atoms with Gasteiger partial charge < -0.3 is 11.1 Å². The molecule has 1 amide bonds. The van der Waals surface area contributed by atoms with Crippen molar-refractivity contribution in [2.45, 2.75) is 18.9 Å². The van der Waals surface area contributed by atoms with Gasteiger partial charge in [-0.05, 0) is 37.0 Å². The van der Waals surface area contributed by atoms with Gasteiger partial charge in [-0.3, -0.25) is 4.79 Å². The molecule has 3 nitrogen and oxygen atoms in total. The van der Waals surface area contributed by atoms with Crippen LogP contribution >= 0.6 is 24.0 Å². The van der Waals surface area contributed by atoms with E-state index in [1.165, 1.54) is 18.2 Å². The fraction of sp³-hybridized carbons (Fsp3) is 0.417.